The number of aryl methyl sites for hydroxylation is 2. The van der Waals surface area contributed by atoms with Gasteiger partial charge in [-0.1, -0.05) is 15.9 Å². The molecule has 0 spiro atoms. The first-order chi connectivity index (χ1) is 8.24. The Balaban J connectivity index is 2.66. The van der Waals surface area contributed by atoms with Crippen LogP contribution in [0.1, 0.15) is 25.0 Å². The Morgan fingerprint density at radius 3 is 2.17 bits per heavy atom. The van der Waals surface area contributed by atoms with E-state index in [-0.39, 0.29) is 17.6 Å². The Hall–Kier alpha value is -0.550. The van der Waals surface area contributed by atoms with Crippen LogP contribution in [0, 0.1) is 13.8 Å². The standard InChI is InChI=1S/C13H19BrO3S/c1-9(2)18(15,16)6-5-17-12-7-10(3)13(14)11(4)8-12/h7-9H,5-6H2,1-4H3. The van der Waals surface area contributed by atoms with Crippen molar-refractivity contribution in [1.82, 2.24) is 0 Å². The zero-order valence-corrected chi connectivity index (χ0v) is 13.6. The fourth-order valence-corrected chi connectivity index (χ4v) is 2.52. The monoisotopic (exact) mass is 334 g/mol. The molecule has 0 bridgehead atoms. The minimum atomic E-state index is -3.03. The number of ether oxygens (including phenoxy) is 1. The molecule has 0 aliphatic rings. The van der Waals surface area contributed by atoms with E-state index < -0.39 is 9.84 Å². The topological polar surface area (TPSA) is 43.4 Å². The van der Waals surface area contributed by atoms with Crippen molar-refractivity contribution in [3.8, 4) is 5.75 Å². The van der Waals surface area contributed by atoms with Gasteiger partial charge in [0.05, 0.1) is 11.0 Å². The summed E-state index contributed by atoms with van der Waals surface area (Å²) in [5, 5.41) is -0.352. The second-order valence-corrected chi connectivity index (χ2v) is 8.11. The number of sulfone groups is 1. The van der Waals surface area contributed by atoms with E-state index in [9.17, 15) is 8.42 Å². The molecule has 0 atom stereocenters. The Morgan fingerprint density at radius 1 is 1.22 bits per heavy atom. The average Bonchev–Trinajstić information content (AvgIpc) is 2.25. The van der Waals surface area contributed by atoms with E-state index in [0.29, 0.717) is 5.75 Å². The molecule has 1 rings (SSSR count). The molecule has 0 aliphatic heterocycles. The highest BCUT2D eigenvalue weighted by molar-refractivity contribution is 9.10. The van der Waals surface area contributed by atoms with Crippen LogP contribution in [0.15, 0.2) is 16.6 Å². The molecule has 0 saturated carbocycles. The summed E-state index contributed by atoms with van der Waals surface area (Å²) >= 11 is 3.48. The third kappa shape index (κ3) is 3.99. The quantitative estimate of drug-likeness (QED) is 0.829. The van der Waals surface area contributed by atoms with Gasteiger partial charge in [0.2, 0.25) is 0 Å². The summed E-state index contributed by atoms with van der Waals surface area (Å²) in [5.41, 5.74) is 2.16. The van der Waals surface area contributed by atoms with Crippen LogP contribution in [0.25, 0.3) is 0 Å². The van der Waals surface area contributed by atoms with Crippen LogP contribution in [-0.4, -0.2) is 26.0 Å². The molecule has 1 aromatic rings. The first kappa shape index (κ1) is 15.5. The highest BCUT2D eigenvalue weighted by atomic mass is 79.9. The van der Waals surface area contributed by atoms with E-state index in [1.54, 1.807) is 13.8 Å². The Morgan fingerprint density at radius 2 is 1.72 bits per heavy atom. The largest absolute Gasteiger partial charge is 0.493 e. The molecule has 0 N–H and O–H groups in total. The van der Waals surface area contributed by atoms with Crippen LogP contribution < -0.4 is 4.74 Å². The molecule has 0 heterocycles. The average molecular weight is 335 g/mol. The number of rotatable bonds is 5. The molecule has 0 aliphatic carbocycles. The molecule has 0 radical (unpaired) electrons. The molecular formula is C13H19BrO3S. The van der Waals surface area contributed by atoms with E-state index in [4.69, 9.17) is 4.74 Å². The molecule has 0 fully saturated rings. The van der Waals surface area contributed by atoms with Crippen molar-refractivity contribution in [1.29, 1.82) is 0 Å². The van der Waals surface area contributed by atoms with E-state index in [2.05, 4.69) is 15.9 Å². The highest BCUT2D eigenvalue weighted by Gasteiger charge is 2.15. The fourth-order valence-electron chi connectivity index (χ4n) is 1.50. The van der Waals surface area contributed by atoms with Gasteiger partial charge in [-0.15, -0.1) is 0 Å². The maximum atomic E-state index is 11.6. The summed E-state index contributed by atoms with van der Waals surface area (Å²) in [5.74, 6) is 0.769. The number of hydrogen-bond acceptors (Lipinski definition) is 3. The van der Waals surface area contributed by atoms with Gasteiger partial charge in [-0.2, -0.15) is 0 Å². The normalized spacial score (nSPS) is 11.9. The smallest absolute Gasteiger partial charge is 0.155 e. The number of benzene rings is 1. The van der Waals surface area contributed by atoms with Crippen LogP contribution in [0.4, 0.5) is 0 Å². The van der Waals surface area contributed by atoms with Crippen molar-refractivity contribution < 1.29 is 13.2 Å². The highest BCUT2D eigenvalue weighted by Crippen LogP contribution is 2.26. The summed E-state index contributed by atoms with van der Waals surface area (Å²) in [4.78, 5) is 0. The molecule has 3 nitrogen and oxygen atoms in total. The third-order valence-corrected chi connectivity index (χ3v) is 6.19. The minimum absolute atomic E-state index is 0.0544. The zero-order valence-electron chi connectivity index (χ0n) is 11.2. The van der Waals surface area contributed by atoms with E-state index in [1.807, 2.05) is 26.0 Å². The second kappa shape index (κ2) is 6.06. The maximum absolute atomic E-state index is 11.6. The van der Waals surface area contributed by atoms with E-state index in [0.717, 1.165) is 15.6 Å². The third-order valence-electron chi connectivity index (χ3n) is 2.76. The predicted octanol–water partition coefficient (Wildman–Crippen LogP) is 3.27. The Kier molecular flexibility index (Phi) is 5.22. The molecule has 0 aromatic heterocycles. The molecule has 0 unspecified atom stereocenters. The van der Waals surface area contributed by atoms with Gasteiger partial charge in [-0.3, -0.25) is 0 Å². The SMILES string of the molecule is Cc1cc(OCCS(=O)(=O)C(C)C)cc(C)c1Br. The first-order valence-electron chi connectivity index (χ1n) is 5.85. The van der Waals surface area contributed by atoms with Crippen LogP contribution >= 0.6 is 15.9 Å². The van der Waals surface area contributed by atoms with Crippen molar-refractivity contribution in [2.24, 2.45) is 0 Å². The lowest BCUT2D eigenvalue weighted by atomic mass is 10.1. The van der Waals surface area contributed by atoms with Crippen molar-refractivity contribution in [2.45, 2.75) is 32.9 Å². The zero-order chi connectivity index (χ0) is 13.9. The van der Waals surface area contributed by atoms with Crippen LogP contribution in [-0.2, 0) is 9.84 Å². The van der Waals surface area contributed by atoms with Gasteiger partial charge in [-0.05, 0) is 51.0 Å². The first-order valence-corrected chi connectivity index (χ1v) is 8.36. The Labute approximate surface area is 118 Å². The molecule has 1 aromatic carbocycles. The molecule has 5 heteroatoms. The van der Waals surface area contributed by atoms with Gasteiger partial charge in [0, 0.05) is 4.47 Å². The fraction of sp³-hybridized carbons (Fsp3) is 0.538. The van der Waals surface area contributed by atoms with Gasteiger partial charge in [0.1, 0.15) is 12.4 Å². The molecular weight excluding hydrogens is 316 g/mol. The number of halogens is 1. The van der Waals surface area contributed by atoms with Crippen molar-refractivity contribution >= 4 is 25.8 Å². The van der Waals surface area contributed by atoms with Gasteiger partial charge in [-0.25, -0.2) is 8.42 Å². The summed E-state index contributed by atoms with van der Waals surface area (Å²) < 4.78 is 29.8. The lowest BCUT2D eigenvalue weighted by Crippen LogP contribution is -2.22. The van der Waals surface area contributed by atoms with Gasteiger partial charge in [0.25, 0.3) is 0 Å². The summed E-state index contributed by atoms with van der Waals surface area (Å²) in [7, 11) is -3.03. The molecule has 18 heavy (non-hydrogen) atoms. The van der Waals surface area contributed by atoms with Crippen LogP contribution in [0.3, 0.4) is 0 Å². The number of hydrogen-bond donors (Lipinski definition) is 0. The van der Waals surface area contributed by atoms with E-state index in [1.165, 1.54) is 0 Å². The predicted molar refractivity (Wildman–Crippen MR) is 78.0 cm³/mol. The lowest BCUT2D eigenvalue weighted by Gasteiger charge is -2.11. The summed E-state index contributed by atoms with van der Waals surface area (Å²) in [6.45, 7) is 7.52. The van der Waals surface area contributed by atoms with Crippen molar-refractivity contribution in [2.75, 3.05) is 12.4 Å². The van der Waals surface area contributed by atoms with Gasteiger partial charge in [0.15, 0.2) is 9.84 Å². The molecule has 0 saturated heterocycles. The summed E-state index contributed by atoms with van der Waals surface area (Å²) in [6, 6.07) is 3.80. The van der Waals surface area contributed by atoms with Crippen molar-refractivity contribution in [3.05, 3.63) is 27.7 Å². The Bertz CT molecular complexity index is 498. The van der Waals surface area contributed by atoms with Crippen LogP contribution in [0.5, 0.6) is 5.75 Å². The molecule has 0 amide bonds. The maximum Gasteiger partial charge on any atom is 0.155 e. The lowest BCUT2D eigenvalue weighted by molar-refractivity contribution is 0.340. The van der Waals surface area contributed by atoms with E-state index >= 15 is 0 Å². The molecule has 102 valence electrons. The minimum Gasteiger partial charge on any atom is -0.493 e. The van der Waals surface area contributed by atoms with Crippen molar-refractivity contribution in [3.63, 3.8) is 0 Å². The van der Waals surface area contributed by atoms with Gasteiger partial charge < -0.3 is 4.74 Å². The second-order valence-electron chi connectivity index (χ2n) is 4.64. The van der Waals surface area contributed by atoms with Crippen LogP contribution in [0.2, 0.25) is 0 Å². The van der Waals surface area contributed by atoms with Gasteiger partial charge >= 0.3 is 0 Å². The summed E-state index contributed by atoms with van der Waals surface area (Å²) in [6.07, 6.45) is 0.